The molecule has 0 radical (unpaired) electrons. The van der Waals surface area contributed by atoms with Gasteiger partial charge in [0.1, 0.15) is 6.54 Å². The Morgan fingerprint density at radius 3 is 2.59 bits per heavy atom. The summed E-state index contributed by atoms with van der Waals surface area (Å²) in [5.41, 5.74) is 6.96. The molecule has 0 atom stereocenters. The Labute approximate surface area is 97.2 Å². The Hall–Kier alpha value is -1.90. The zero-order valence-electron chi connectivity index (χ0n) is 9.25. The van der Waals surface area contributed by atoms with Crippen LogP contribution in [0.4, 0.5) is 24.5 Å². The quantitative estimate of drug-likeness (QED) is 0.829. The third-order valence-electron chi connectivity index (χ3n) is 2.25. The van der Waals surface area contributed by atoms with E-state index in [1.165, 1.54) is 25.2 Å². The van der Waals surface area contributed by atoms with Crippen LogP contribution in [0.3, 0.4) is 0 Å². The number of nitrogen functional groups attached to an aromatic ring is 1. The van der Waals surface area contributed by atoms with Crippen molar-refractivity contribution < 1.29 is 13.2 Å². The molecule has 0 aromatic heterocycles. The minimum Gasteiger partial charge on any atom is -0.398 e. The normalized spacial score (nSPS) is 11.0. The average Bonchev–Trinajstić information content (AvgIpc) is 2.19. The first-order chi connectivity index (χ1) is 7.83. The molecule has 0 aliphatic rings. The van der Waals surface area contributed by atoms with Crippen molar-refractivity contribution in [1.29, 1.82) is 5.26 Å². The molecule has 0 spiro atoms. The van der Waals surface area contributed by atoms with E-state index in [1.54, 1.807) is 0 Å². The molecular formula is C11H12F3N3. The van der Waals surface area contributed by atoms with E-state index in [0.717, 1.165) is 4.90 Å². The van der Waals surface area contributed by atoms with Crippen molar-refractivity contribution in [1.82, 2.24) is 0 Å². The van der Waals surface area contributed by atoms with Crippen molar-refractivity contribution >= 4 is 11.4 Å². The molecule has 0 unspecified atom stereocenters. The molecule has 2 N–H and O–H groups in total. The Bertz CT molecular complexity index is 435. The number of alkyl halides is 3. The summed E-state index contributed by atoms with van der Waals surface area (Å²) in [6, 6.07) is 6.43. The molecule has 0 saturated heterocycles. The number of nitrogens with zero attached hydrogens (tertiary/aromatic N) is 2. The molecule has 1 aromatic rings. The molecule has 0 aliphatic carbocycles. The topological polar surface area (TPSA) is 53.0 Å². The number of nitriles is 1. The van der Waals surface area contributed by atoms with Gasteiger partial charge in [0.15, 0.2) is 0 Å². The van der Waals surface area contributed by atoms with E-state index in [0.29, 0.717) is 16.9 Å². The predicted octanol–water partition coefficient (Wildman–Crippen LogP) is 2.33. The van der Waals surface area contributed by atoms with E-state index in [1.807, 2.05) is 6.07 Å². The van der Waals surface area contributed by atoms with E-state index in [-0.39, 0.29) is 6.42 Å². The molecule has 0 saturated carbocycles. The van der Waals surface area contributed by atoms with Crippen LogP contribution in [-0.4, -0.2) is 19.8 Å². The van der Waals surface area contributed by atoms with E-state index >= 15 is 0 Å². The maximum absolute atomic E-state index is 12.2. The number of halogens is 3. The van der Waals surface area contributed by atoms with Gasteiger partial charge in [0.05, 0.1) is 12.5 Å². The van der Waals surface area contributed by atoms with Crippen molar-refractivity contribution in [3.63, 3.8) is 0 Å². The first-order valence-electron chi connectivity index (χ1n) is 4.86. The van der Waals surface area contributed by atoms with Crippen molar-refractivity contribution in [3.05, 3.63) is 23.8 Å². The molecule has 17 heavy (non-hydrogen) atoms. The highest BCUT2D eigenvalue weighted by molar-refractivity contribution is 5.59. The zero-order chi connectivity index (χ0) is 13.1. The van der Waals surface area contributed by atoms with Crippen LogP contribution < -0.4 is 10.6 Å². The maximum Gasteiger partial charge on any atom is 0.405 e. The molecule has 1 rings (SSSR count). The summed E-state index contributed by atoms with van der Waals surface area (Å²) in [4.78, 5) is 1.07. The van der Waals surface area contributed by atoms with E-state index < -0.39 is 12.7 Å². The van der Waals surface area contributed by atoms with Gasteiger partial charge in [0, 0.05) is 18.4 Å². The van der Waals surface area contributed by atoms with Gasteiger partial charge >= 0.3 is 6.18 Å². The van der Waals surface area contributed by atoms with Crippen LogP contribution in [0.5, 0.6) is 0 Å². The van der Waals surface area contributed by atoms with Gasteiger partial charge < -0.3 is 10.6 Å². The molecular weight excluding hydrogens is 231 g/mol. The van der Waals surface area contributed by atoms with E-state index in [9.17, 15) is 13.2 Å². The third kappa shape index (κ3) is 3.87. The fraction of sp³-hybridized carbons (Fsp3) is 0.364. The van der Waals surface area contributed by atoms with E-state index in [4.69, 9.17) is 11.0 Å². The molecule has 3 nitrogen and oxygen atoms in total. The van der Waals surface area contributed by atoms with E-state index in [2.05, 4.69) is 0 Å². The monoisotopic (exact) mass is 243 g/mol. The minimum atomic E-state index is -4.26. The SMILES string of the molecule is CN(CC(F)(F)F)c1ccc(N)c(CC#N)c1. The number of anilines is 2. The van der Waals surface area contributed by atoms with Gasteiger partial charge in [-0.25, -0.2) is 0 Å². The first-order valence-corrected chi connectivity index (χ1v) is 4.86. The molecule has 0 fully saturated rings. The second-order valence-electron chi connectivity index (χ2n) is 3.69. The van der Waals surface area contributed by atoms with Gasteiger partial charge in [0.25, 0.3) is 0 Å². The van der Waals surface area contributed by atoms with Crippen molar-refractivity contribution in [2.24, 2.45) is 0 Å². The number of nitrogens with two attached hydrogens (primary N) is 1. The Morgan fingerprint density at radius 2 is 2.06 bits per heavy atom. The Kier molecular flexibility index (Phi) is 3.84. The lowest BCUT2D eigenvalue weighted by molar-refractivity contribution is -0.119. The van der Waals surface area contributed by atoms with Crippen LogP contribution in [0.15, 0.2) is 18.2 Å². The van der Waals surface area contributed by atoms with Crippen LogP contribution in [0.25, 0.3) is 0 Å². The fourth-order valence-corrected chi connectivity index (χ4v) is 1.43. The molecule has 6 heteroatoms. The molecule has 1 aromatic carbocycles. The van der Waals surface area contributed by atoms with Gasteiger partial charge in [0.2, 0.25) is 0 Å². The number of hydrogen-bond acceptors (Lipinski definition) is 3. The van der Waals surface area contributed by atoms with Gasteiger partial charge in [-0.2, -0.15) is 18.4 Å². The largest absolute Gasteiger partial charge is 0.405 e. The second-order valence-corrected chi connectivity index (χ2v) is 3.69. The molecule has 0 amide bonds. The molecule has 0 aliphatic heterocycles. The van der Waals surface area contributed by atoms with Gasteiger partial charge in [-0.05, 0) is 23.8 Å². The van der Waals surface area contributed by atoms with Gasteiger partial charge in [-0.3, -0.25) is 0 Å². The number of rotatable bonds is 3. The summed E-state index contributed by atoms with van der Waals surface area (Å²) < 4.78 is 36.6. The lowest BCUT2D eigenvalue weighted by Gasteiger charge is -2.21. The summed E-state index contributed by atoms with van der Waals surface area (Å²) in [7, 11) is 1.34. The maximum atomic E-state index is 12.2. The summed E-state index contributed by atoms with van der Waals surface area (Å²) in [6.07, 6.45) is -4.18. The number of benzene rings is 1. The molecule has 92 valence electrons. The average molecular weight is 243 g/mol. The van der Waals surface area contributed by atoms with Crippen molar-refractivity contribution in [3.8, 4) is 6.07 Å². The summed E-state index contributed by atoms with van der Waals surface area (Å²) in [5.74, 6) is 0. The van der Waals surface area contributed by atoms with Gasteiger partial charge in [-0.1, -0.05) is 0 Å². The first kappa shape index (κ1) is 13.2. The van der Waals surface area contributed by atoms with Crippen LogP contribution in [0.1, 0.15) is 5.56 Å². The van der Waals surface area contributed by atoms with Crippen LogP contribution in [0, 0.1) is 11.3 Å². The smallest absolute Gasteiger partial charge is 0.398 e. The minimum absolute atomic E-state index is 0.0829. The summed E-state index contributed by atoms with van der Waals surface area (Å²) in [5, 5.41) is 8.56. The highest BCUT2D eigenvalue weighted by Gasteiger charge is 2.29. The van der Waals surface area contributed by atoms with Gasteiger partial charge in [-0.15, -0.1) is 0 Å². The summed E-state index contributed by atoms with van der Waals surface area (Å²) in [6.45, 7) is -1.04. The molecule has 0 heterocycles. The second kappa shape index (κ2) is 4.95. The van der Waals surface area contributed by atoms with Crippen molar-refractivity contribution in [2.75, 3.05) is 24.2 Å². The standard InChI is InChI=1S/C11H12F3N3/c1-17(7-11(12,13)14)9-2-3-10(16)8(6-9)4-5-15/h2-3,6H,4,7,16H2,1H3. The lowest BCUT2D eigenvalue weighted by atomic mass is 10.1. The lowest BCUT2D eigenvalue weighted by Crippen LogP contribution is -2.30. The third-order valence-corrected chi connectivity index (χ3v) is 2.25. The van der Waals surface area contributed by atoms with Crippen LogP contribution in [-0.2, 0) is 6.42 Å². The highest BCUT2D eigenvalue weighted by Crippen LogP contribution is 2.24. The zero-order valence-corrected chi connectivity index (χ0v) is 9.25. The number of hydrogen-bond donors (Lipinski definition) is 1. The van der Waals surface area contributed by atoms with Crippen molar-refractivity contribution in [2.45, 2.75) is 12.6 Å². The van der Waals surface area contributed by atoms with Crippen LogP contribution >= 0.6 is 0 Å². The predicted molar refractivity (Wildman–Crippen MR) is 59.5 cm³/mol. The molecule has 0 bridgehead atoms. The highest BCUT2D eigenvalue weighted by atomic mass is 19.4. The summed E-state index contributed by atoms with van der Waals surface area (Å²) >= 11 is 0. The van der Waals surface area contributed by atoms with Crippen LogP contribution in [0.2, 0.25) is 0 Å². The Balaban J connectivity index is 2.92. The fourth-order valence-electron chi connectivity index (χ4n) is 1.43. The Morgan fingerprint density at radius 1 is 1.41 bits per heavy atom.